The van der Waals surface area contributed by atoms with E-state index >= 15 is 0 Å². The van der Waals surface area contributed by atoms with Crippen molar-refractivity contribution in [2.75, 3.05) is 0 Å². The molecule has 0 atom stereocenters. The molecule has 12 heteroatoms. The maximum Gasteiger partial charge on any atom is 0.416 e. The fraction of sp³-hybridized carbons (Fsp3) is 0.125. The standard InChI is InChI=1S/C24H17F3N4O3S2/c1-14-16(8-4-9-18(14)24(25,26)27)19-12-28-22(32)21-29-30-23(31(19)21)36(33,34)13-15-6-2-3-7-17(15)20-10-5-11-35-20/h2-12H,13H2,1H3,(H,28,32). The minimum absolute atomic E-state index is 0.0170. The van der Waals surface area contributed by atoms with Crippen LogP contribution in [0.5, 0.6) is 0 Å². The zero-order valence-corrected chi connectivity index (χ0v) is 20.2. The first-order valence-electron chi connectivity index (χ1n) is 10.6. The van der Waals surface area contributed by atoms with Crippen LogP contribution in [0.25, 0.3) is 27.3 Å². The number of sulfone groups is 1. The molecule has 0 unspecified atom stereocenters. The first-order valence-corrected chi connectivity index (χ1v) is 13.1. The van der Waals surface area contributed by atoms with E-state index in [1.807, 2.05) is 17.5 Å². The molecule has 36 heavy (non-hydrogen) atoms. The number of rotatable bonds is 5. The van der Waals surface area contributed by atoms with Crippen LogP contribution < -0.4 is 5.56 Å². The molecule has 3 aromatic heterocycles. The van der Waals surface area contributed by atoms with Crippen LogP contribution >= 0.6 is 11.3 Å². The summed E-state index contributed by atoms with van der Waals surface area (Å²) in [6.07, 6.45) is -3.45. The third-order valence-corrected chi connectivity index (χ3v) is 8.17. The monoisotopic (exact) mass is 530 g/mol. The molecular formula is C24H17F3N4O3S2. The summed E-state index contributed by atoms with van der Waals surface area (Å²) in [5, 5.41) is 8.89. The number of halogens is 3. The van der Waals surface area contributed by atoms with E-state index in [1.54, 1.807) is 24.3 Å². The summed E-state index contributed by atoms with van der Waals surface area (Å²) in [5.41, 5.74) is -0.717. The highest BCUT2D eigenvalue weighted by Gasteiger charge is 2.34. The summed E-state index contributed by atoms with van der Waals surface area (Å²) >= 11 is 1.46. The second kappa shape index (κ2) is 8.71. The molecule has 5 rings (SSSR count). The summed E-state index contributed by atoms with van der Waals surface area (Å²) in [4.78, 5) is 15.7. The summed E-state index contributed by atoms with van der Waals surface area (Å²) in [7, 11) is -4.19. The predicted octanol–water partition coefficient (Wildman–Crippen LogP) is 5.11. The molecule has 2 aromatic carbocycles. The maximum absolute atomic E-state index is 13.6. The van der Waals surface area contributed by atoms with Crippen LogP contribution in [-0.2, 0) is 21.8 Å². The molecule has 0 amide bonds. The number of alkyl halides is 3. The van der Waals surface area contributed by atoms with Crippen LogP contribution in [0, 0.1) is 6.92 Å². The van der Waals surface area contributed by atoms with Crippen LogP contribution in [-0.4, -0.2) is 28.0 Å². The molecular weight excluding hydrogens is 513 g/mol. The van der Waals surface area contributed by atoms with Crippen molar-refractivity contribution in [1.82, 2.24) is 19.6 Å². The van der Waals surface area contributed by atoms with Crippen LogP contribution in [0.4, 0.5) is 13.2 Å². The molecule has 0 aliphatic heterocycles. The van der Waals surface area contributed by atoms with Gasteiger partial charge in [-0.1, -0.05) is 42.5 Å². The number of aromatic nitrogens is 4. The van der Waals surface area contributed by atoms with Gasteiger partial charge >= 0.3 is 6.18 Å². The Hall–Kier alpha value is -3.77. The molecule has 5 aromatic rings. The van der Waals surface area contributed by atoms with E-state index in [9.17, 15) is 26.4 Å². The average molecular weight is 531 g/mol. The van der Waals surface area contributed by atoms with Gasteiger partial charge in [0.25, 0.3) is 10.7 Å². The van der Waals surface area contributed by atoms with Crippen molar-refractivity contribution in [3.63, 3.8) is 0 Å². The molecule has 0 spiro atoms. The largest absolute Gasteiger partial charge is 0.416 e. The number of aromatic amines is 1. The average Bonchev–Trinajstić information content (AvgIpc) is 3.51. The van der Waals surface area contributed by atoms with Crippen molar-refractivity contribution in [2.24, 2.45) is 0 Å². The van der Waals surface area contributed by atoms with Gasteiger partial charge in [-0.05, 0) is 41.1 Å². The molecule has 3 heterocycles. The lowest BCUT2D eigenvalue weighted by molar-refractivity contribution is -0.138. The van der Waals surface area contributed by atoms with E-state index < -0.39 is 38.0 Å². The number of hydrogen-bond donors (Lipinski definition) is 1. The smallest absolute Gasteiger partial charge is 0.324 e. The topological polar surface area (TPSA) is 97.2 Å². The van der Waals surface area contributed by atoms with E-state index in [4.69, 9.17) is 0 Å². The molecule has 7 nitrogen and oxygen atoms in total. The van der Waals surface area contributed by atoms with Crippen LogP contribution in [0.15, 0.2) is 76.1 Å². The molecule has 0 saturated carbocycles. The van der Waals surface area contributed by atoms with E-state index in [1.165, 1.54) is 36.6 Å². The summed E-state index contributed by atoms with van der Waals surface area (Å²) in [5.74, 6) is -0.449. The maximum atomic E-state index is 13.6. The van der Waals surface area contributed by atoms with Crippen molar-refractivity contribution in [3.8, 4) is 21.7 Å². The lowest BCUT2D eigenvalue weighted by Gasteiger charge is -2.15. The molecule has 0 aliphatic carbocycles. The first-order chi connectivity index (χ1) is 17.1. The van der Waals surface area contributed by atoms with Gasteiger partial charge in [0.05, 0.1) is 17.0 Å². The first kappa shape index (κ1) is 23.9. The fourth-order valence-corrected chi connectivity index (χ4v) is 6.31. The van der Waals surface area contributed by atoms with Gasteiger partial charge in [0.2, 0.25) is 15.5 Å². The number of thiophene rings is 1. The zero-order valence-electron chi connectivity index (χ0n) is 18.6. The van der Waals surface area contributed by atoms with Crippen molar-refractivity contribution in [3.05, 3.63) is 93.2 Å². The highest BCUT2D eigenvalue weighted by Crippen LogP contribution is 2.36. The Morgan fingerprint density at radius 1 is 1.00 bits per heavy atom. The third kappa shape index (κ3) is 4.11. The highest BCUT2D eigenvalue weighted by molar-refractivity contribution is 7.90. The van der Waals surface area contributed by atoms with Gasteiger partial charge in [-0.3, -0.25) is 9.20 Å². The lowest BCUT2D eigenvalue weighted by Crippen LogP contribution is -2.16. The van der Waals surface area contributed by atoms with Crippen LogP contribution in [0.1, 0.15) is 16.7 Å². The number of H-pyrrole nitrogens is 1. The number of nitrogens with one attached hydrogen (secondary N) is 1. The lowest BCUT2D eigenvalue weighted by atomic mass is 10.00. The fourth-order valence-electron chi connectivity index (χ4n) is 4.10. The van der Waals surface area contributed by atoms with Crippen molar-refractivity contribution >= 4 is 26.8 Å². The normalized spacial score (nSPS) is 12.3. The molecule has 0 fully saturated rings. The molecule has 0 bridgehead atoms. The Balaban J connectivity index is 1.70. The van der Waals surface area contributed by atoms with Gasteiger partial charge in [0.15, 0.2) is 0 Å². The molecule has 1 N–H and O–H groups in total. The summed E-state index contributed by atoms with van der Waals surface area (Å²) in [6, 6.07) is 14.3. The van der Waals surface area contributed by atoms with Crippen LogP contribution in [0.3, 0.4) is 0 Å². The molecule has 0 aliphatic rings. The quantitative estimate of drug-likeness (QED) is 0.341. The van der Waals surface area contributed by atoms with Gasteiger partial charge < -0.3 is 4.98 Å². The third-order valence-electron chi connectivity index (χ3n) is 5.76. The van der Waals surface area contributed by atoms with E-state index in [-0.39, 0.29) is 22.5 Å². The van der Waals surface area contributed by atoms with E-state index in [0.717, 1.165) is 20.9 Å². The van der Waals surface area contributed by atoms with Gasteiger partial charge in [-0.25, -0.2) is 8.42 Å². The van der Waals surface area contributed by atoms with Gasteiger partial charge in [-0.15, -0.1) is 21.5 Å². The molecule has 184 valence electrons. The van der Waals surface area contributed by atoms with E-state index in [0.29, 0.717) is 5.56 Å². The highest BCUT2D eigenvalue weighted by atomic mass is 32.2. The minimum atomic E-state index is -4.62. The Kier molecular flexibility index (Phi) is 5.80. The minimum Gasteiger partial charge on any atom is -0.324 e. The summed E-state index contributed by atoms with van der Waals surface area (Å²) < 4.78 is 68.8. The van der Waals surface area contributed by atoms with Gasteiger partial charge in [0.1, 0.15) is 0 Å². The Bertz CT molecular complexity index is 1760. The van der Waals surface area contributed by atoms with Gasteiger partial charge in [0, 0.05) is 16.6 Å². The number of hydrogen-bond acceptors (Lipinski definition) is 6. The SMILES string of the molecule is Cc1c(-c2c[nH]c(=O)c3nnc(S(=O)(=O)Cc4ccccc4-c4cccs4)n23)cccc1C(F)(F)F. The summed E-state index contributed by atoms with van der Waals surface area (Å²) in [6.45, 7) is 1.28. The number of fused-ring (bicyclic) bond motifs is 1. The Labute approximate surface area is 206 Å². The molecule has 0 saturated heterocycles. The van der Waals surface area contributed by atoms with Crippen molar-refractivity contribution < 1.29 is 21.6 Å². The van der Waals surface area contributed by atoms with Crippen molar-refractivity contribution in [2.45, 2.75) is 24.0 Å². The predicted molar refractivity (Wildman–Crippen MR) is 129 cm³/mol. The Morgan fingerprint density at radius 3 is 2.47 bits per heavy atom. The second-order valence-corrected chi connectivity index (χ2v) is 10.8. The molecule has 0 radical (unpaired) electrons. The number of nitrogens with zero attached hydrogens (tertiary/aromatic N) is 3. The Morgan fingerprint density at radius 2 is 1.75 bits per heavy atom. The van der Waals surface area contributed by atoms with Crippen LogP contribution in [0.2, 0.25) is 0 Å². The second-order valence-electron chi connectivity index (χ2n) is 8.01. The number of benzene rings is 2. The van der Waals surface area contributed by atoms with Gasteiger partial charge in [-0.2, -0.15) is 13.2 Å². The van der Waals surface area contributed by atoms with E-state index in [2.05, 4.69) is 15.2 Å². The van der Waals surface area contributed by atoms with Crippen molar-refractivity contribution in [1.29, 1.82) is 0 Å². The zero-order chi connectivity index (χ0) is 25.7.